The van der Waals surface area contributed by atoms with E-state index >= 15 is 0 Å². The average Bonchev–Trinajstić information content (AvgIpc) is 3.20. The predicted octanol–water partition coefficient (Wildman–Crippen LogP) is 2.05. The molecular formula is C14H19NO2S. The van der Waals surface area contributed by atoms with Gasteiger partial charge in [-0.05, 0) is 61.8 Å². The first-order valence-electron chi connectivity index (χ1n) is 6.73. The summed E-state index contributed by atoms with van der Waals surface area (Å²) in [5.74, 6) is 0.0798. The van der Waals surface area contributed by atoms with Crippen LogP contribution in [0.3, 0.4) is 0 Å². The summed E-state index contributed by atoms with van der Waals surface area (Å²) in [6, 6.07) is 6.09. The molecule has 0 amide bonds. The largest absolute Gasteiger partial charge is 0.301 e. The number of rotatable bonds is 4. The molecule has 1 fully saturated rings. The van der Waals surface area contributed by atoms with Crippen LogP contribution in [0.15, 0.2) is 23.1 Å². The van der Waals surface area contributed by atoms with Gasteiger partial charge in [-0.2, -0.15) is 0 Å². The van der Waals surface area contributed by atoms with Gasteiger partial charge >= 0.3 is 0 Å². The van der Waals surface area contributed by atoms with E-state index in [1.807, 2.05) is 12.1 Å². The lowest BCUT2D eigenvalue weighted by molar-refractivity contribution is 0.585. The molecule has 4 heteroatoms. The zero-order valence-corrected chi connectivity index (χ0v) is 11.3. The molecule has 0 bridgehead atoms. The monoisotopic (exact) mass is 265 g/mol. The summed E-state index contributed by atoms with van der Waals surface area (Å²) in [6.45, 7) is 0. The van der Waals surface area contributed by atoms with Gasteiger partial charge in [0.1, 0.15) is 5.88 Å². The molecule has 1 aromatic carbocycles. The van der Waals surface area contributed by atoms with Gasteiger partial charge in [0.2, 0.25) is 0 Å². The van der Waals surface area contributed by atoms with E-state index in [0.29, 0.717) is 10.9 Å². The van der Waals surface area contributed by atoms with Crippen LogP contribution in [0.4, 0.5) is 0 Å². The van der Waals surface area contributed by atoms with Crippen LogP contribution in [-0.4, -0.2) is 20.3 Å². The summed E-state index contributed by atoms with van der Waals surface area (Å²) in [5, 5.41) is 3.09. The van der Waals surface area contributed by atoms with Crippen molar-refractivity contribution < 1.29 is 8.42 Å². The molecule has 1 aromatic rings. The highest BCUT2D eigenvalue weighted by Crippen LogP contribution is 2.25. The molecular weight excluding hydrogens is 246 g/mol. The minimum Gasteiger partial charge on any atom is -0.301 e. The molecule has 0 aliphatic heterocycles. The van der Waals surface area contributed by atoms with Gasteiger partial charge < -0.3 is 5.32 Å². The molecule has 0 saturated heterocycles. The second kappa shape index (κ2) is 4.67. The van der Waals surface area contributed by atoms with Gasteiger partial charge in [0.15, 0.2) is 9.84 Å². The minimum atomic E-state index is -3.16. The molecule has 0 aromatic heterocycles. The van der Waals surface area contributed by atoms with E-state index in [0.717, 1.165) is 25.7 Å². The molecule has 0 radical (unpaired) electrons. The van der Waals surface area contributed by atoms with Crippen molar-refractivity contribution in [1.82, 2.24) is 5.32 Å². The molecule has 2 aliphatic rings. The molecule has 0 heterocycles. The van der Waals surface area contributed by atoms with Gasteiger partial charge in [-0.3, -0.25) is 0 Å². The van der Waals surface area contributed by atoms with E-state index in [9.17, 15) is 8.42 Å². The lowest BCUT2D eigenvalue weighted by atomic mass is 9.92. The number of benzene rings is 1. The number of hydrogen-bond donors (Lipinski definition) is 1. The molecule has 3 nitrogen and oxygen atoms in total. The van der Waals surface area contributed by atoms with E-state index in [-0.39, 0.29) is 5.88 Å². The van der Waals surface area contributed by atoms with Gasteiger partial charge in [-0.15, -0.1) is 0 Å². The first-order valence-corrected chi connectivity index (χ1v) is 8.38. The zero-order valence-electron chi connectivity index (χ0n) is 10.5. The smallest absolute Gasteiger partial charge is 0.191 e. The van der Waals surface area contributed by atoms with Crippen LogP contribution in [0, 0.1) is 0 Å². The molecule has 0 atom stereocenters. The minimum absolute atomic E-state index is 0.0798. The molecule has 18 heavy (non-hydrogen) atoms. The Kier molecular flexibility index (Phi) is 3.16. The third kappa shape index (κ3) is 2.59. The fourth-order valence-electron chi connectivity index (χ4n) is 2.50. The SMILES string of the molecule is O=S(=O)(CNC1CC1)c1ccc2c(c1)CCCC2. The summed E-state index contributed by atoms with van der Waals surface area (Å²) >= 11 is 0. The topological polar surface area (TPSA) is 46.2 Å². The van der Waals surface area contributed by atoms with E-state index in [2.05, 4.69) is 5.32 Å². The second-order valence-corrected chi connectivity index (χ2v) is 7.36. The second-order valence-electron chi connectivity index (χ2n) is 5.38. The van der Waals surface area contributed by atoms with Crippen molar-refractivity contribution in [1.29, 1.82) is 0 Å². The molecule has 98 valence electrons. The molecule has 1 N–H and O–H groups in total. The normalized spacial score (nSPS) is 19.6. The Balaban J connectivity index is 1.81. The maximum Gasteiger partial charge on any atom is 0.191 e. The Morgan fingerprint density at radius 3 is 2.56 bits per heavy atom. The van der Waals surface area contributed by atoms with Gasteiger partial charge in [0.25, 0.3) is 0 Å². The van der Waals surface area contributed by atoms with Crippen LogP contribution in [0.1, 0.15) is 36.8 Å². The molecule has 2 aliphatic carbocycles. The van der Waals surface area contributed by atoms with Gasteiger partial charge in [-0.25, -0.2) is 8.42 Å². The Bertz CT molecular complexity index is 547. The van der Waals surface area contributed by atoms with E-state index < -0.39 is 9.84 Å². The number of aryl methyl sites for hydroxylation is 2. The standard InChI is InChI=1S/C14H19NO2S/c16-18(17,10-15-13-6-7-13)14-8-5-11-3-1-2-4-12(11)9-14/h5,8-9,13,15H,1-4,6-7,10H2. The zero-order chi connectivity index (χ0) is 12.6. The van der Waals surface area contributed by atoms with Crippen molar-refractivity contribution in [3.05, 3.63) is 29.3 Å². The van der Waals surface area contributed by atoms with Gasteiger partial charge in [0.05, 0.1) is 4.90 Å². The van der Waals surface area contributed by atoms with Gasteiger partial charge in [-0.1, -0.05) is 6.07 Å². The van der Waals surface area contributed by atoms with Crippen molar-refractivity contribution in [2.45, 2.75) is 49.5 Å². The van der Waals surface area contributed by atoms with Crippen molar-refractivity contribution in [2.75, 3.05) is 5.88 Å². The number of fused-ring (bicyclic) bond motifs is 1. The number of hydrogen-bond acceptors (Lipinski definition) is 3. The van der Waals surface area contributed by atoms with Crippen LogP contribution in [0.2, 0.25) is 0 Å². The Morgan fingerprint density at radius 2 is 1.83 bits per heavy atom. The van der Waals surface area contributed by atoms with E-state index in [4.69, 9.17) is 0 Å². The maximum absolute atomic E-state index is 12.2. The lowest BCUT2D eigenvalue weighted by Gasteiger charge is -2.16. The Hall–Kier alpha value is -0.870. The van der Waals surface area contributed by atoms with E-state index in [1.165, 1.54) is 24.0 Å². The van der Waals surface area contributed by atoms with Crippen LogP contribution < -0.4 is 5.32 Å². The summed E-state index contributed by atoms with van der Waals surface area (Å²) in [6.07, 6.45) is 6.74. The highest BCUT2D eigenvalue weighted by molar-refractivity contribution is 7.91. The van der Waals surface area contributed by atoms with Gasteiger partial charge in [0, 0.05) is 6.04 Å². The average molecular weight is 265 g/mol. The fraction of sp³-hybridized carbons (Fsp3) is 0.571. The third-order valence-electron chi connectivity index (χ3n) is 3.82. The Morgan fingerprint density at radius 1 is 1.11 bits per heavy atom. The number of nitrogens with one attached hydrogen (secondary N) is 1. The van der Waals surface area contributed by atoms with E-state index in [1.54, 1.807) is 6.07 Å². The molecule has 3 rings (SSSR count). The van der Waals surface area contributed by atoms with Crippen molar-refractivity contribution in [2.24, 2.45) is 0 Å². The highest BCUT2D eigenvalue weighted by Gasteiger charge is 2.24. The predicted molar refractivity (Wildman–Crippen MR) is 71.3 cm³/mol. The third-order valence-corrected chi connectivity index (χ3v) is 5.34. The van der Waals surface area contributed by atoms with Crippen LogP contribution in [-0.2, 0) is 22.7 Å². The molecule has 0 unspecified atom stereocenters. The van der Waals surface area contributed by atoms with Crippen LogP contribution >= 0.6 is 0 Å². The summed E-state index contributed by atoms with van der Waals surface area (Å²) in [7, 11) is -3.16. The summed E-state index contributed by atoms with van der Waals surface area (Å²) in [5.41, 5.74) is 2.56. The quantitative estimate of drug-likeness (QED) is 0.906. The van der Waals surface area contributed by atoms with Crippen LogP contribution in [0.5, 0.6) is 0 Å². The Labute approximate surface area is 109 Å². The van der Waals surface area contributed by atoms with Crippen molar-refractivity contribution >= 4 is 9.84 Å². The fourth-order valence-corrected chi connectivity index (χ4v) is 3.72. The summed E-state index contributed by atoms with van der Waals surface area (Å²) < 4.78 is 24.4. The van der Waals surface area contributed by atoms with Crippen molar-refractivity contribution in [3.8, 4) is 0 Å². The first-order chi connectivity index (χ1) is 8.65. The van der Waals surface area contributed by atoms with Crippen molar-refractivity contribution in [3.63, 3.8) is 0 Å². The maximum atomic E-state index is 12.2. The lowest BCUT2D eigenvalue weighted by Crippen LogP contribution is -2.25. The number of sulfone groups is 1. The molecule has 0 spiro atoms. The first kappa shape index (κ1) is 12.2. The summed E-state index contributed by atoms with van der Waals surface area (Å²) in [4.78, 5) is 0.483. The molecule has 1 saturated carbocycles. The van der Waals surface area contributed by atoms with Crippen LogP contribution in [0.25, 0.3) is 0 Å². The highest BCUT2D eigenvalue weighted by atomic mass is 32.2.